The molecule has 0 unspecified atom stereocenters. The summed E-state index contributed by atoms with van der Waals surface area (Å²) in [6.45, 7) is 4.14. The molecule has 0 aliphatic rings. The topological polar surface area (TPSA) is 103 Å². The zero-order chi connectivity index (χ0) is 26.1. The Morgan fingerprint density at radius 3 is 2.19 bits per heavy atom. The van der Waals surface area contributed by atoms with Crippen LogP contribution in [0.5, 0.6) is 17.2 Å². The minimum atomic E-state index is -3.98. The van der Waals surface area contributed by atoms with E-state index in [9.17, 15) is 13.2 Å². The first-order valence-corrected chi connectivity index (χ1v) is 13.1. The van der Waals surface area contributed by atoms with Crippen LogP contribution in [0, 0.1) is 0 Å². The van der Waals surface area contributed by atoms with E-state index in [1.165, 1.54) is 19.2 Å². The van der Waals surface area contributed by atoms with Crippen molar-refractivity contribution in [1.82, 2.24) is 10.0 Å². The van der Waals surface area contributed by atoms with Crippen LogP contribution in [0.25, 0.3) is 0 Å². The molecule has 0 saturated carbocycles. The van der Waals surface area contributed by atoms with E-state index >= 15 is 0 Å². The highest BCUT2D eigenvalue weighted by atomic mass is 32.2. The lowest BCUT2D eigenvalue weighted by Crippen LogP contribution is -2.48. The van der Waals surface area contributed by atoms with Gasteiger partial charge in [-0.25, -0.2) is 8.42 Å². The standard InChI is InChI=1S/C27H32N2O6S/c1-5-35-22-12-14-23(15-13-22)36(31,32)29-24(17-20-9-7-6-8-10-20)27(30)28-19(2)21-11-16-25(33-3)26(18-21)34-4/h6-16,18-19,24,29H,5,17H2,1-4H3,(H,28,30)/t19-,24-/m1/s1. The van der Waals surface area contributed by atoms with Crippen molar-refractivity contribution in [3.8, 4) is 17.2 Å². The Morgan fingerprint density at radius 2 is 1.58 bits per heavy atom. The van der Waals surface area contributed by atoms with E-state index in [4.69, 9.17) is 14.2 Å². The van der Waals surface area contributed by atoms with Crippen LogP contribution in [0.15, 0.2) is 77.7 Å². The van der Waals surface area contributed by atoms with E-state index in [0.717, 1.165) is 11.1 Å². The fourth-order valence-electron chi connectivity index (χ4n) is 3.69. The van der Waals surface area contributed by atoms with Crippen LogP contribution in [-0.4, -0.2) is 41.2 Å². The van der Waals surface area contributed by atoms with Gasteiger partial charge < -0.3 is 19.5 Å². The summed E-state index contributed by atoms with van der Waals surface area (Å²) in [6, 6.07) is 19.2. The van der Waals surface area contributed by atoms with E-state index in [2.05, 4.69) is 10.0 Å². The molecule has 0 radical (unpaired) electrons. The number of ether oxygens (including phenoxy) is 3. The Hall–Kier alpha value is -3.56. The summed E-state index contributed by atoms with van der Waals surface area (Å²) in [5.41, 5.74) is 1.61. The van der Waals surface area contributed by atoms with Gasteiger partial charge in [0.05, 0.1) is 31.8 Å². The molecule has 1 amide bonds. The number of sulfonamides is 1. The molecule has 9 heteroatoms. The predicted molar refractivity (Wildman–Crippen MR) is 138 cm³/mol. The van der Waals surface area contributed by atoms with Crippen LogP contribution in [0.1, 0.15) is 31.0 Å². The predicted octanol–water partition coefficient (Wildman–Crippen LogP) is 3.87. The monoisotopic (exact) mass is 512 g/mol. The van der Waals surface area contributed by atoms with Gasteiger partial charge >= 0.3 is 0 Å². The molecule has 0 bridgehead atoms. The summed E-state index contributed by atoms with van der Waals surface area (Å²) in [6.07, 6.45) is 0.182. The molecule has 3 aromatic carbocycles. The molecule has 0 aliphatic carbocycles. The third-order valence-corrected chi connectivity index (χ3v) is 7.10. The van der Waals surface area contributed by atoms with E-state index in [-0.39, 0.29) is 11.3 Å². The normalized spacial score (nSPS) is 12.9. The molecule has 8 nitrogen and oxygen atoms in total. The molecule has 0 aromatic heterocycles. The molecule has 0 fully saturated rings. The van der Waals surface area contributed by atoms with E-state index in [1.54, 1.807) is 31.4 Å². The molecular weight excluding hydrogens is 480 g/mol. The molecule has 3 rings (SSSR count). The van der Waals surface area contributed by atoms with Gasteiger partial charge in [0.1, 0.15) is 11.8 Å². The van der Waals surface area contributed by atoms with Crippen molar-refractivity contribution in [2.45, 2.75) is 37.2 Å². The number of carbonyl (C=O) groups excluding carboxylic acids is 1. The number of nitrogens with one attached hydrogen (secondary N) is 2. The van der Waals surface area contributed by atoms with Crippen LogP contribution in [0.2, 0.25) is 0 Å². The van der Waals surface area contributed by atoms with Gasteiger partial charge in [0, 0.05) is 0 Å². The maximum atomic E-state index is 13.3. The lowest BCUT2D eigenvalue weighted by atomic mass is 10.0. The number of carbonyl (C=O) groups is 1. The van der Waals surface area contributed by atoms with Gasteiger partial charge in [-0.3, -0.25) is 4.79 Å². The van der Waals surface area contributed by atoms with Crippen LogP contribution < -0.4 is 24.2 Å². The zero-order valence-electron chi connectivity index (χ0n) is 20.9. The molecule has 0 aliphatic heterocycles. The molecule has 0 spiro atoms. The summed E-state index contributed by atoms with van der Waals surface area (Å²) in [5, 5.41) is 2.92. The average Bonchev–Trinajstić information content (AvgIpc) is 2.88. The third-order valence-electron chi connectivity index (χ3n) is 5.61. The van der Waals surface area contributed by atoms with E-state index in [1.807, 2.05) is 50.2 Å². The van der Waals surface area contributed by atoms with Gasteiger partial charge in [-0.2, -0.15) is 4.72 Å². The first-order chi connectivity index (χ1) is 17.3. The first-order valence-electron chi connectivity index (χ1n) is 11.6. The van der Waals surface area contributed by atoms with Gasteiger partial charge in [0.15, 0.2) is 11.5 Å². The van der Waals surface area contributed by atoms with Crippen LogP contribution >= 0.6 is 0 Å². The fraction of sp³-hybridized carbons (Fsp3) is 0.296. The molecule has 3 aromatic rings. The molecule has 192 valence electrons. The van der Waals surface area contributed by atoms with E-state index < -0.39 is 28.0 Å². The quantitative estimate of drug-likeness (QED) is 0.382. The minimum Gasteiger partial charge on any atom is -0.494 e. The first kappa shape index (κ1) is 27.0. The Balaban J connectivity index is 1.82. The highest BCUT2D eigenvalue weighted by Gasteiger charge is 2.27. The molecule has 2 N–H and O–H groups in total. The van der Waals surface area contributed by atoms with Crippen LogP contribution in [0.3, 0.4) is 0 Å². The lowest BCUT2D eigenvalue weighted by molar-refractivity contribution is -0.123. The van der Waals surface area contributed by atoms with Gasteiger partial charge in [-0.1, -0.05) is 36.4 Å². The SMILES string of the molecule is CCOc1ccc(S(=O)(=O)N[C@H](Cc2ccccc2)C(=O)N[C@H](C)c2ccc(OC)c(OC)c2)cc1. The second kappa shape index (κ2) is 12.4. The Labute approximate surface area is 212 Å². The average molecular weight is 513 g/mol. The lowest BCUT2D eigenvalue weighted by Gasteiger charge is -2.22. The van der Waals surface area contributed by atoms with Crippen molar-refractivity contribution < 1.29 is 27.4 Å². The van der Waals surface area contributed by atoms with E-state index in [0.29, 0.717) is 23.9 Å². The molecule has 0 saturated heterocycles. The van der Waals surface area contributed by atoms with Gasteiger partial charge in [-0.05, 0) is 67.8 Å². The number of rotatable bonds is 12. The smallest absolute Gasteiger partial charge is 0.241 e. The third kappa shape index (κ3) is 6.99. The van der Waals surface area contributed by atoms with Crippen molar-refractivity contribution in [2.75, 3.05) is 20.8 Å². The minimum absolute atomic E-state index is 0.0461. The van der Waals surface area contributed by atoms with Gasteiger partial charge in [-0.15, -0.1) is 0 Å². The summed E-state index contributed by atoms with van der Waals surface area (Å²) >= 11 is 0. The summed E-state index contributed by atoms with van der Waals surface area (Å²) in [5.74, 6) is 1.23. The summed E-state index contributed by atoms with van der Waals surface area (Å²) in [4.78, 5) is 13.4. The molecule has 0 heterocycles. The Morgan fingerprint density at radius 1 is 0.917 bits per heavy atom. The summed E-state index contributed by atoms with van der Waals surface area (Å²) < 4.78 is 44.9. The number of methoxy groups -OCH3 is 2. The van der Waals surface area contributed by atoms with Gasteiger partial charge in [0.25, 0.3) is 0 Å². The number of benzene rings is 3. The molecular formula is C27H32N2O6S. The summed E-state index contributed by atoms with van der Waals surface area (Å²) in [7, 11) is -0.892. The maximum absolute atomic E-state index is 13.3. The van der Waals surface area contributed by atoms with Crippen molar-refractivity contribution in [1.29, 1.82) is 0 Å². The molecule has 2 atom stereocenters. The second-order valence-corrected chi connectivity index (χ2v) is 9.83. The molecule has 36 heavy (non-hydrogen) atoms. The second-order valence-electron chi connectivity index (χ2n) is 8.11. The highest BCUT2D eigenvalue weighted by molar-refractivity contribution is 7.89. The number of hydrogen-bond acceptors (Lipinski definition) is 6. The van der Waals surface area contributed by atoms with Crippen molar-refractivity contribution >= 4 is 15.9 Å². The Kier molecular flexibility index (Phi) is 9.32. The van der Waals surface area contributed by atoms with Crippen molar-refractivity contribution in [3.05, 3.63) is 83.9 Å². The zero-order valence-corrected chi connectivity index (χ0v) is 21.7. The Bertz CT molecular complexity index is 1250. The van der Waals surface area contributed by atoms with Crippen molar-refractivity contribution in [2.24, 2.45) is 0 Å². The van der Waals surface area contributed by atoms with Gasteiger partial charge in [0.2, 0.25) is 15.9 Å². The maximum Gasteiger partial charge on any atom is 0.241 e. The number of hydrogen-bond donors (Lipinski definition) is 2. The van der Waals surface area contributed by atoms with Crippen LogP contribution in [0.4, 0.5) is 0 Å². The largest absolute Gasteiger partial charge is 0.494 e. The number of amides is 1. The fourth-order valence-corrected chi connectivity index (χ4v) is 4.89. The van der Waals surface area contributed by atoms with Crippen molar-refractivity contribution in [3.63, 3.8) is 0 Å². The van der Waals surface area contributed by atoms with Crippen LogP contribution in [-0.2, 0) is 21.2 Å². The highest BCUT2D eigenvalue weighted by Crippen LogP contribution is 2.30.